The van der Waals surface area contributed by atoms with Crippen molar-refractivity contribution in [3.05, 3.63) is 18.2 Å². The van der Waals surface area contributed by atoms with Crippen LogP contribution in [0.3, 0.4) is 0 Å². The van der Waals surface area contributed by atoms with E-state index in [2.05, 4.69) is 10.3 Å². The number of nitrogens with two attached hydrogens (primary N) is 1. The van der Waals surface area contributed by atoms with E-state index in [1.54, 1.807) is 0 Å². The fourth-order valence-corrected chi connectivity index (χ4v) is 2.99. The summed E-state index contributed by atoms with van der Waals surface area (Å²) in [6, 6.07) is 5.72. The minimum absolute atomic E-state index is 0.0726. The number of anilines is 1. The molecule has 1 aromatic heterocycles. The molecule has 0 saturated carbocycles. The van der Waals surface area contributed by atoms with Gasteiger partial charge in [-0.25, -0.2) is 4.98 Å². The van der Waals surface area contributed by atoms with E-state index < -0.39 is 0 Å². The number of nitrogens with one attached hydrogen (secondary N) is 1. The highest BCUT2D eigenvalue weighted by atomic mass is 32.1. The number of ether oxygens (including phenoxy) is 1. The Labute approximate surface area is 128 Å². The molecule has 1 amide bonds. The van der Waals surface area contributed by atoms with Gasteiger partial charge in [-0.05, 0) is 31.0 Å². The van der Waals surface area contributed by atoms with Crippen molar-refractivity contribution in [2.45, 2.75) is 20.8 Å². The summed E-state index contributed by atoms with van der Waals surface area (Å²) in [6.45, 7) is 6.89. The van der Waals surface area contributed by atoms with E-state index in [4.69, 9.17) is 10.5 Å². The van der Waals surface area contributed by atoms with Crippen LogP contribution in [0.5, 0.6) is 5.75 Å². The van der Waals surface area contributed by atoms with E-state index in [0.29, 0.717) is 18.3 Å². The number of benzene rings is 1. The minimum atomic E-state index is -0.198. The van der Waals surface area contributed by atoms with Crippen LogP contribution in [0.1, 0.15) is 20.8 Å². The maximum atomic E-state index is 12.2. The zero-order valence-corrected chi connectivity index (χ0v) is 13.4. The molecule has 0 fully saturated rings. The molecule has 0 aliphatic heterocycles. The second-order valence-corrected chi connectivity index (χ2v) is 6.19. The lowest BCUT2D eigenvalue weighted by molar-refractivity contribution is -0.120. The van der Waals surface area contributed by atoms with Crippen molar-refractivity contribution in [3.63, 3.8) is 0 Å². The quantitative estimate of drug-likeness (QED) is 0.860. The first-order valence-electron chi connectivity index (χ1n) is 7.09. The molecule has 1 heterocycles. The molecular formula is C15H21N3O2S. The number of carbonyl (C=O) groups excluding carboxylic acids is 1. The van der Waals surface area contributed by atoms with Gasteiger partial charge in [-0.2, -0.15) is 0 Å². The lowest BCUT2D eigenvalue weighted by Gasteiger charge is -2.16. The molecular weight excluding hydrogens is 286 g/mol. The predicted octanol–water partition coefficient (Wildman–Crippen LogP) is 2.86. The highest BCUT2D eigenvalue weighted by Crippen LogP contribution is 2.29. The first kappa shape index (κ1) is 15.7. The molecule has 1 unspecified atom stereocenters. The standard InChI is InChI=1S/C15H21N3O2S/c1-4-20-10-5-6-12-13(7-10)21-15(17-12)18-14(19)11(8-16)9(2)3/h5-7,9,11H,4,8,16H2,1-3H3,(H,17,18,19). The number of hydrogen-bond donors (Lipinski definition) is 2. The summed E-state index contributed by atoms with van der Waals surface area (Å²) in [6.07, 6.45) is 0. The van der Waals surface area contributed by atoms with Crippen LogP contribution in [0.25, 0.3) is 10.2 Å². The number of nitrogens with zero attached hydrogens (tertiary/aromatic N) is 1. The van der Waals surface area contributed by atoms with E-state index in [-0.39, 0.29) is 17.7 Å². The number of thiazole rings is 1. The van der Waals surface area contributed by atoms with Gasteiger partial charge in [0.2, 0.25) is 5.91 Å². The normalized spacial score (nSPS) is 12.6. The number of hydrogen-bond acceptors (Lipinski definition) is 5. The van der Waals surface area contributed by atoms with Crippen LogP contribution in [-0.2, 0) is 4.79 Å². The Kier molecular flexibility index (Phi) is 5.14. The molecule has 2 aromatic rings. The molecule has 0 saturated heterocycles. The van der Waals surface area contributed by atoms with E-state index >= 15 is 0 Å². The van der Waals surface area contributed by atoms with E-state index in [9.17, 15) is 4.79 Å². The smallest absolute Gasteiger partial charge is 0.230 e. The number of carbonyl (C=O) groups is 1. The molecule has 21 heavy (non-hydrogen) atoms. The van der Waals surface area contributed by atoms with Gasteiger partial charge in [0.1, 0.15) is 5.75 Å². The summed E-state index contributed by atoms with van der Waals surface area (Å²) >= 11 is 1.44. The molecule has 2 rings (SSSR count). The molecule has 114 valence electrons. The Morgan fingerprint density at radius 1 is 1.48 bits per heavy atom. The molecule has 1 aromatic carbocycles. The molecule has 0 aliphatic rings. The highest BCUT2D eigenvalue weighted by Gasteiger charge is 2.21. The number of fused-ring (bicyclic) bond motifs is 1. The van der Waals surface area contributed by atoms with Gasteiger partial charge in [0, 0.05) is 6.54 Å². The molecule has 3 N–H and O–H groups in total. The maximum absolute atomic E-state index is 12.2. The van der Waals surface area contributed by atoms with Gasteiger partial charge in [0.15, 0.2) is 5.13 Å². The second-order valence-electron chi connectivity index (χ2n) is 5.16. The van der Waals surface area contributed by atoms with Crippen molar-refractivity contribution in [2.24, 2.45) is 17.6 Å². The zero-order chi connectivity index (χ0) is 15.4. The maximum Gasteiger partial charge on any atom is 0.230 e. The van der Waals surface area contributed by atoms with Crippen LogP contribution in [0, 0.1) is 11.8 Å². The van der Waals surface area contributed by atoms with Crippen LogP contribution < -0.4 is 15.8 Å². The van der Waals surface area contributed by atoms with Gasteiger partial charge in [0.05, 0.1) is 22.7 Å². The molecule has 1 atom stereocenters. The average molecular weight is 307 g/mol. The van der Waals surface area contributed by atoms with Crippen LogP contribution in [0.4, 0.5) is 5.13 Å². The fourth-order valence-electron chi connectivity index (χ4n) is 2.09. The third kappa shape index (κ3) is 3.71. The summed E-state index contributed by atoms with van der Waals surface area (Å²) in [5, 5.41) is 3.46. The number of amides is 1. The average Bonchev–Trinajstić information content (AvgIpc) is 2.80. The lowest BCUT2D eigenvalue weighted by Crippen LogP contribution is -2.32. The second kappa shape index (κ2) is 6.87. The monoisotopic (exact) mass is 307 g/mol. The Hall–Kier alpha value is -1.66. The summed E-state index contributed by atoms with van der Waals surface area (Å²) in [5.41, 5.74) is 6.52. The lowest BCUT2D eigenvalue weighted by atomic mass is 9.95. The Morgan fingerprint density at radius 3 is 2.86 bits per heavy atom. The first-order chi connectivity index (χ1) is 10.0. The summed E-state index contributed by atoms with van der Waals surface area (Å²) in [5.74, 6) is 0.745. The molecule has 0 radical (unpaired) electrons. The molecule has 0 aliphatic carbocycles. The van der Waals surface area contributed by atoms with Gasteiger partial charge >= 0.3 is 0 Å². The Morgan fingerprint density at radius 2 is 2.24 bits per heavy atom. The molecule has 0 spiro atoms. The minimum Gasteiger partial charge on any atom is -0.494 e. The summed E-state index contributed by atoms with van der Waals surface area (Å²) in [7, 11) is 0. The van der Waals surface area contributed by atoms with Crippen molar-refractivity contribution in [1.29, 1.82) is 0 Å². The third-order valence-electron chi connectivity index (χ3n) is 3.30. The fraction of sp³-hybridized carbons (Fsp3) is 0.467. The Bertz CT molecular complexity index is 624. The zero-order valence-electron chi connectivity index (χ0n) is 12.6. The van der Waals surface area contributed by atoms with E-state index in [1.165, 1.54) is 11.3 Å². The van der Waals surface area contributed by atoms with Crippen LogP contribution in [-0.4, -0.2) is 24.0 Å². The van der Waals surface area contributed by atoms with Crippen molar-refractivity contribution < 1.29 is 9.53 Å². The highest BCUT2D eigenvalue weighted by molar-refractivity contribution is 7.22. The van der Waals surface area contributed by atoms with Gasteiger partial charge in [-0.15, -0.1) is 0 Å². The number of aromatic nitrogens is 1. The van der Waals surface area contributed by atoms with Gasteiger partial charge in [0.25, 0.3) is 0 Å². The van der Waals surface area contributed by atoms with Crippen molar-refractivity contribution in [1.82, 2.24) is 4.98 Å². The predicted molar refractivity (Wildman–Crippen MR) is 86.8 cm³/mol. The van der Waals surface area contributed by atoms with Crippen LogP contribution in [0.15, 0.2) is 18.2 Å². The summed E-state index contributed by atoms with van der Waals surface area (Å²) < 4.78 is 6.46. The van der Waals surface area contributed by atoms with Crippen molar-refractivity contribution in [2.75, 3.05) is 18.5 Å². The number of rotatable bonds is 6. The van der Waals surface area contributed by atoms with Crippen LogP contribution in [0.2, 0.25) is 0 Å². The molecule has 0 bridgehead atoms. The van der Waals surface area contributed by atoms with Crippen molar-refractivity contribution >= 4 is 32.6 Å². The van der Waals surface area contributed by atoms with Crippen LogP contribution >= 0.6 is 11.3 Å². The molecule has 5 nitrogen and oxygen atoms in total. The first-order valence-corrected chi connectivity index (χ1v) is 7.91. The van der Waals surface area contributed by atoms with Gasteiger partial charge in [-0.3, -0.25) is 4.79 Å². The largest absolute Gasteiger partial charge is 0.494 e. The van der Waals surface area contributed by atoms with E-state index in [1.807, 2.05) is 39.0 Å². The van der Waals surface area contributed by atoms with E-state index in [0.717, 1.165) is 16.0 Å². The Balaban J connectivity index is 2.17. The SMILES string of the molecule is CCOc1ccc2nc(NC(=O)C(CN)C(C)C)sc2c1. The van der Waals surface area contributed by atoms with Gasteiger partial charge < -0.3 is 15.8 Å². The topological polar surface area (TPSA) is 77.2 Å². The van der Waals surface area contributed by atoms with Crippen molar-refractivity contribution in [3.8, 4) is 5.75 Å². The molecule has 6 heteroatoms. The van der Waals surface area contributed by atoms with Gasteiger partial charge in [-0.1, -0.05) is 25.2 Å². The third-order valence-corrected chi connectivity index (χ3v) is 4.23. The summed E-state index contributed by atoms with van der Waals surface area (Å²) in [4.78, 5) is 16.6.